The number of hydrogen-bond acceptors (Lipinski definition) is 4. The maximum Gasteiger partial charge on any atom is 0.123 e. The maximum absolute atomic E-state index is 5.93. The Morgan fingerprint density at radius 2 is 2.16 bits per heavy atom. The highest BCUT2D eigenvalue weighted by Crippen LogP contribution is 2.30. The van der Waals surface area contributed by atoms with Crippen LogP contribution in [0.5, 0.6) is 5.75 Å². The smallest absolute Gasteiger partial charge is 0.123 e. The number of nitrogens with zero attached hydrogens (tertiary/aromatic N) is 1. The highest BCUT2D eigenvalue weighted by Gasteiger charge is 2.19. The minimum absolute atomic E-state index is 0.118. The van der Waals surface area contributed by atoms with Gasteiger partial charge in [-0.3, -0.25) is 4.90 Å². The molecule has 1 rings (SSSR count). The predicted molar refractivity (Wildman–Crippen MR) is 81.6 cm³/mol. The Bertz CT molecular complexity index is 388. The van der Waals surface area contributed by atoms with Crippen LogP contribution in [0, 0.1) is 0 Å². The number of hydrogen-bond donors (Lipinski definition) is 1. The van der Waals surface area contributed by atoms with E-state index in [1.54, 1.807) is 7.11 Å². The van der Waals surface area contributed by atoms with Gasteiger partial charge in [0.1, 0.15) is 5.75 Å². The Balaban J connectivity index is 2.86. The molecule has 0 aliphatic carbocycles. The van der Waals surface area contributed by atoms with Crippen molar-refractivity contribution in [1.29, 1.82) is 0 Å². The standard InChI is InChI=1S/C14H23BrN2O2/c1-4-19-8-7-17(2)13(10-16)12-9-11(15)5-6-14(12)18-3/h5-6,9,13H,4,7-8,10,16H2,1-3H3. The van der Waals surface area contributed by atoms with Crippen LogP contribution >= 0.6 is 15.9 Å². The number of rotatable bonds is 8. The third-order valence-electron chi connectivity index (χ3n) is 3.10. The van der Waals surface area contributed by atoms with Crippen LogP contribution in [-0.2, 0) is 4.74 Å². The van der Waals surface area contributed by atoms with Gasteiger partial charge in [-0.2, -0.15) is 0 Å². The van der Waals surface area contributed by atoms with E-state index in [0.717, 1.165) is 28.9 Å². The molecule has 1 atom stereocenters. The van der Waals surface area contributed by atoms with E-state index >= 15 is 0 Å². The molecule has 1 aromatic carbocycles. The highest BCUT2D eigenvalue weighted by molar-refractivity contribution is 9.10. The summed E-state index contributed by atoms with van der Waals surface area (Å²) in [6.07, 6.45) is 0. The van der Waals surface area contributed by atoms with E-state index in [-0.39, 0.29) is 6.04 Å². The summed E-state index contributed by atoms with van der Waals surface area (Å²) >= 11 is 3.50. The number of likely N-dealkylation sites (N-methyl/N-ethyl adjacent to an activating group) is 1. The van der Waals surface area contributed by atoms with E-state index in [1.807, 2.05) is 19.1 Å². The van der Waals surface area contributed by atoms with Gasteiger partial charge in [0.15, 0.2) is 0 Å². The van der Waals surface area contributed by atoms with Crippen LogP contribution in [0.1, 0.15) is 18.5 Å². The van der Waals surface area contributed by atoms with E-state index < -0.39 is 0 Å². The monoisotopic (exact) mass is 330 g/mol. The van der Waals surface area contributed by atoms with Crippen molar-refractivity contribution in [2.45, 2.75) is 13.0 Å². The molecule has 2 N–H and O–H groups in total. The molecule has 0 bridgehead atoms. The van der Waals surface area contributed by atoms with Gasteiger partial charge < -0.3 is 15.2 Å². The average Bonchev–Trinajstić information content (AvgIpc) is 2.40. The maximum atomic E-state index is 5.93. The van der Waals surface area contributed by atoms with Crippen molar-refractivity contribution in [3.63, 3.8) is 0 Å². The van der Waals surface area contributed by atoms with E-state index in [4.69, 9.17) is 15.2 Å². The third-order valence-corrected chi connectivity index (χ3v) is 3.59. The second-order valence-corrected chi connectivity index (χ2v) is 5.23. The van der Waals surface area contributed by atoms with Gasteiger partial charge in [-0.05, 0) is 32.2 Å². The lowest BCUT2D eigenvalue weighted by molar-refractivity contribution is 0.108. The SMILES string of the molecule is CCOCCN(C)C(CN)c1cc(Br)ccc1OC. The Morgan fingerprint density at radius 1 is 1.42 bits per heavy atom. The molecule has 1 aromatic rings. The molecule has 0 heterocycles. The molecule has 0 spiro atoms. The summed E-state index contributed by atoms with van der Waals surface area (Å²) in [5.41, 5.74) is 7.03. The molecular weight excluding hydrogens is 308 g/mol. The lowest BCUT2D eigenvalue weighted by Gasteiger charge is -2.28. The molecule has 0 aliphatic rings. The van der Waals surface area contributed by atoms with E-state index in [0.29, 0.717) is 13.2 Å². The van der Waals surface area contributed by atoms with Gasteiger partial charge in [0.25, 0.3) is 0 Å². The summed E-state index contributed by atoms with van der Waals surface area (Å²) in [5.74, 6) is 0.863. The molecule has 0 fully saturated rings. The molecular formula is C14H23BrN2O2. The van der Waals surface area contributed by atoms with Gasteiger partial charge in [0.05, 0.1) is 19.8 Å². The molecule has 0 aromatic heterocycles. The van der Waals surface area contributed by atoms with Gasteiger partial charge in [-0.25, -0.2) is 0 Å². The second-order valence-electron chi connectivity index (χ2n) is 4.32. The van der Waals surface area contributed by atoms with Gasteiger partial charge >= 0.3 is 0 Å². The molecule has 0 radical (unpaired) electrons. The predicted octanol–water partition coefficient (Wildman–Crippen LogP) is 2.43. The normalized spacial score (nSPS) is 12.7. The molecule has 0 amide bonds. The zero-order valence-corrected chi connectivity index (χ0v) is 13.4. The minimum Gasteiger partial charge on any atom is -0.496 e. The number of ether oxygens (including phenoxy) is 2. The van der Waals surface area contributed by atoms with Crippen LogP contribution in [0.25, 0.3) is 0 Å². The van der Waals surface area contributed by atoms with Crippen molar-refractivity contribution >= 4 is 15.9 Å². The molecule has 0 aliphatic heterocycles. The van der Waals surface area contributed by atoms with Crippen LogP contribution in [0.2, 0.25) is 0 Å². The fourth-order valence-electron chi connectivity index (χ4n) is 2.02. The highest BCUT2D eigenvalue weighted by atomic mass is 79.9. The third kappa shape index (κ3) is 4.76. The topological polar surface area (TPSA) is 47.7 Å². The van der Waals surface area contributed by atoms with E-state index in [9.17, 15) is 0 Å². The molecule has 19 heavy (non-hydrogen) atoms. The molecule has 108 valence electrons. The fraction of sp³-hybridized carbons (Fsp3) is 0.571. The quantitative estimate of drug-likeness (QED) is 0.743. The summed E-state index contributed by atoms with van der Waals surface area (Å²) < 4.78 is 11.8. The lowest BCUT2D eigenvalue weighted by Crippen LogP contribution is -2.33. The molecule has 5 heteroatoms. The number of halogens is 1. The largest absolute Gasteiger partial charge is 0.496 e. The van der Waals surface area contributed by atoms with Crippen LogP contribution < -0.4 is 10.5 Å². The summed E-state index contributed by atoms with van der Waals surface area (Å²) in [6, 6.07) is 6.11. The molecule has 0 saturated carbocycles. The van der Waals surface area contributed by atoms with Gasteiger partial charge in [0, 0.05) is 29.7 Å². The van der Waals surface area contributed by atoms with Crippen molar-refractivity contribution in [3.8, 4) is 5.75 Å². The van der Waals surface area contributed by atoms with Gasteiger partial charge in [-0.1, -0.05) is 15.9 Å². The van der Waals surface area contributed by atoms with Crippen LogP contribution in [0.4, 0.5) is 0 Å². The number of methoxy groups -OCH3 is 1. The summed E-state index contributed by atoms with van der Waals surface area (Å²) in [5, 5.41) is 0. The molecule has 0 saturated heterocycles. The Labute approximate surface area is 124 Å². The van der Waals surface area contributed by atoms with Crippen molar-refractivity contribution in [2.24, 2.45) is 5.73 Å². The van der Waals surface area contributed by atoms with E-state index in [2.05, 4.69) is 33.9 Å². The van der Waals surface area contributed by atoms with Crippen LogP contribution in [0.3, 0.4) is 0 Å². The van der Waals surface area contributed by atoms with Crippen molar-refractivity contribution in [1.82, 2.24) is 4.90 Å². The van der Waals surface area contributed by atoms with Crippen LogP contribution in [0.15, 0.2) is 22.7 Å². The Hall–Kier alpha value is -0.620. The van der Waals surface area contributed by atoms with Crippen LogP contribution in [-0.4, -0.2) is 45.4 Å². The molecule has 4 nitrogen and oxygen atoms in total. The molecule has 1 unspecified atom stereocenters. The fourth-order valence-corrected chi connectivity index (χ4v) is 2.40. The van der Waals surface area contributed by atoms with Crippen molar-refractivity contribution in [2.75, 3.05) is 40.5 Å². The zero-order chi connectivity index (χ0) is 14.3. The summed E-state index contributed by atoms with van der Waals surface area (Å²) in [4.78, 5) is 2.19. The van der Waals surface area contributed by atoms with Gasteiger partial charge in [0.2, 0.25) is 0 Å². The van der Waals surface area contributed by atoms with E-state index in [1.165, 1.54) is 0 Å². The zero-order valence-electron chi connectivity index (χ0n) is 11.9. The first-order chi connectivity index (χ1) is 9.13. The Kier molecular flexibility index (Phi) is 7.38. The average molecular weight is 331 g/mol. The first-order valence-corrected chi connectivity index (χ1v) is 7.24. The second kappa shape index (κ2) is 8.53. The van der Waals surface area contributed by atoms with Gasteiger partial charge in [-0.15, -0.1) is 0 Å². The first kappa shape index (κ1) is 16.4. The van der Waals surface area contributed by atoms with Crippen molar-refractivity contribution < 1.29 is 9.47 Å². The lowest BCUT2D eigenvalue weighted by atomic mass is 10.0. The first-order valence-electron chi connectivity index (χ1n) is 6.45. The summed E-state index contributed by atoms with van der Waals surface area (Å²) in [6.45, 7) is 4.82. The summed E-state index contributed by atoms with van der Waals surface area (Å²) in [7, 11) is 3.73. The Morgan fingerprint density at radius 3 is 2.74 bits per heavy atom. The number of nitrogens with two attached hydrogens (primary N) is 1. The van der Waals surface area contributed by atoms with Crippen molar-refractivity contribution in [3.05, 3.63) is 28.2 Å². The number of benzene rings is 1. The minimum atomic E-state index is 0.118.